The number of rotatable bonds is 5. The number of aliphatic imine (C=N–C) groups is 1. The molecule has 0 aliphatic carbocycles. The highest BCUT2D eigenvalue weighted by molar-refractivity contribution is 14.0. The minimum Gasteiger partial charge on any atom is -0.506 e. The van der Waals surface area contributed by atoms with E-state index in [9.17, 15) is 5.11 Å². The van der Waals surface area contributed by atoms with E-state index in [2.05, 4.69) is 55.3 Å². The lowest BCUT2D eigenvalue weighted by atomic mass is 10.1. The third-order valence-electron chi connectivity index (χ3n) is 6.23. The van der Waals surface area contributed by atoms with Crippen molar-refractivity contribution >= 4 is 35.6 Å². The van der Waals surface area contributed by atoms with Crippen molar-refractivity contribution in [1.82, 2.24) is 15.1 Å². The van der Waals surface area contributed by atoms with E-state index in [4.69, 9.17) is 0 Å². The van der Waals surface area contributed by atoms with Crippen LogP contribution in [0.25, 0.3) is 0 Å². The normalized spacial score (nSPS) is 18.5. The van der Waals surface area contributed by atoms with Crippen LogP contribution in [0.5, 0.6) is 5.75 Å². The maximum absolute atomic E-state index is 10.1. The Balaban J connectivity index is 0.00000272. The van der Waals surface area contributed by atoms with Crippen molar-refractivity contribution in [2.75, 3.05) is 57.8 Å². The molecule has 2 saturated heterocycles. The van der Waals surface area contributed by atoms with Crippen molar-refractivity contribution < 1.29 is 5.11 Å². The maximum Gasteiger partial charge on any atom is 0.193 e. The molecule has 0 bridgehead atoms. The van der Waals surface area contributed by atoms with E-state index >= 15 is 0 Å². The van der Waals surface area contributed by atoms with Gasteiger partial charge in [-0.05, 0) is 43.6 Å². The molecule has 4 rings (SSSR count). The smallest absolute Gasteiger partial charge is 0.193 e. The molecule has 1 unspecified atom stereocenters. The maximum atomic E-state index is 10.1. The van der Waals surface area contributed by atoms with Crippen LogP contribution in [0.3, 0.4) is 0 Å². The van der Waals surface area contributed by atoms with E-state index in [1.807, 2.05) is 25.2 Å². The molecule has 2 aliphatic heterocycles. The SMILES string of the molecule is CN=C(NCC(c1ccccc1)N1CCCC1)N1CCN(c2ccccc2O)CC1.I. The Hall–Kier alpha value is -2.00. The van der Waals surface area contributed by atoms with Crippen molar-refractivity contribution in [2.45, 2.75) is 18.9 Å². The molecule has 2 fully saturated rings. The average Bonchev–Trinajstić information content (AvgIpc) is 3.33. The van der Waals surface area contributed by atoms with Crippen LogP contribution in [0.2, 0.25) is 0 Å². The second-order valence-corrected chi connectivity index (χ2v) is 8.06. The third kappa shape index (κ3) is 5.83. The molecule has 6 nitrogen and oxygen atoms in total. The first kappa shape index (κ1) is 23.7. The van der Waals surface area contributed by atoms with Crippen LogP contribution in [0.4, 0.5) is 5.69 Å². The summed E-state index contributed by atoms with van der Waals surface area (Å²) >= 11 is 0. The summed E-state index contributed by atoms with van der Waals surface area (Å²) < 4.78 is 0. The molecule has 0 amide bonds. The standard InChI is InChI=1S/C24H33N5O.HI/c1-25-24(29-17-15-28(16-18-29)21-11-5-6-12-23(21)30)26-19-22(27-13-7-8-14-27)20-9-3-2-4-10-20;/h2-6,9-12,22,30H,7-8,13-19H2,1H3,(H,25,26);1H. The Morgan fingerprint density at radius 1 is 0.935 bits per heavy atom. The molecule has 168 valence electrons. The van der Waals surface area contributed by atoms with Crippen molar-refractivity contribution in [3.05, 3.63) is 60.2 Å². The minimum atomic E-state index is 0. The van der Waals surface area contributed by atoms with Crippen molar-refractivity contribution in [3.63, 3.8) is 0 Å². The number of para-hydroxylation sites is 2. The number of aromatic hydroxyl groups is 1. The van der Waals surface area contributed by atoms with Gasteiger partial charge < -0.3 is 20.2 Å². The second-order valence-electron chi connectivity index (χ2n) is 8.06. The summed E-state index contributed by atoms with van der Waals surface area (Å²) in [4.78, 5) is 11.7. The Morgan fingerprint density at radius 3 is 2.23 bits per heavy atom. The number of phenols is 1. The fraction of sp³-hybridized carbons (Fsp3) is 0.458. The van der Waals surface area contributed by atoms with Gasteiger partial charge in [0.25, 0.3) is 0 Å². The number of benzene rings is 2. The lowest BCUT2D eigenvalue weighted by Gasteiger charge is -2.38. The van der Waals surface area contributed by atoms with E-state index in [0.717, 1.165) is 44.4 Å². The van der Waals surface area contributed by atoms with Gasteiger partial charge in [-0.3, -0.25) is 9.89 Å². The van der Waals surface area contributed by atoms with Gasteiger partial charge in [0.2, 0.25) is 0 Å². The zero-order chi connectivity index (χ0) is 20.8. The quantitative estimate of drug-likeness (QED) is 0.349. The summed E-state index contributed by atoms with van der Waals surface area (Å²) in [7, 11) is 1.87. The van der Waals surface area contributed by atoms with Gasteiger partial charge in [-0.15, -0.1) is 24.0 Å². The Bertz CT molecular complexity index is 833. The topological polar surface area (TPSA) is 54.3 Å². The van der Waals surface area contributed by atoms with Crippen LogP contribution in [-0.4, -0.2) is 73.7 Å². The molecule has 0 radical (unpaired) electrons. The molecule has 2 aromatic rings. The molecule has 0 saturated carbocycles. The highest BCUT2D eigenvalue weighted by atomic mass is 127. The molecule has 1 atom stereocenters. The first-order valence-corrected chi connectivity index (χ1v) is 11.0. The number of hydrogen-bond donors (Lipinski definition) is 2. The average molecular weight is 535 g/mol. The number of anilines is 1. The molecule has 0 spiro atoms. The van der Waals surface area contributed by atoms with Gasteiger partial charge in [0, 0.05) is 39.8 Å². The Morgan fingerprint density at radius 2 is 1.58 bits per heavy atom. The van der Waals surface area contributed by atoms with Gasteiger partial charge in [-0.2, -0.15) is 0 Å². The molecule has 2 aromatic carbocycles. The predicted octanol–water partition coefficient (Wildman–Crippen LogP) is 3.54. The fourth-order valence-corrected chi connectivity index (χ4v) is 4.60. The summed E-state index contributed by atoms with van der Waals surface area (Å²) in [6.07, 6.45) is 2.57. The molecule has 0 aromatic heterocycles. The van der Waals surface area contributed by atoms with Crippen LogP contribution in [0.15, 0.2) is 59.6 Å². The highest BCUT2D eigenvalue weighted by Crippen LogP contribution is 2.27. The molecular formula is C24H34IN5O. The second kappa shape index (κ2) is 11.6. The zero-order valence-electron chi connectivity index (χ0n) is 18.3. The van der Waals surface area contributed by atoms with Gasteiger partial charge in [-0.1, -0.05) is 42.5 Å². The van der Waals surface area contributed by atoms with Gasteiger partial charge in [-0.25, -0.2) is 0 Å². The highest BCUT2D eigenvalue weighted by Gasteiger charge is 2.25. The number of likely N-dealkylation sites (tertiary alicyclic amines) is 1. The first-order valence-electron chi connectivity index (χ1n) is 11.0. The van der Waals surface area contributed by atoms with Gasteiger partial charge in [0.05, 0.1) is 11.7 Å². The van der Waals surface area contributed by atoms with Crippen LogP contribution < -0.4 is 10.2 Å². The fourth-order valence-electron chi connectivity index (χ4n) is 4.60. The summed E-state index contributed by atoms with van der Waals surface area (Å²) in [5, 5.41) is 13.8. The molecule has 7 heteroatoms. The lowest BCUT2D eigenvalue weighted by Crippen LogP contribution is -2.53. The number of nitrogens with one attached hydrogen (secondary N) is 1. The summed E-state index contributed by atoms with van der Waals surface area (Å²) in [5.41, 5.74) is 2.28. The van der Waals surface area contributed by atoms with Gasteiger partial charge in [0.1, 0.15) is 5.75 Å². The van der Waals surface area contributed by atoms with Crippen molar-refractivity contribution in [1.29, 1.82) is 0 Å². The minimum absolute atomic E-state index is 0. The summed E-state index contributed by atoms with van der Waals surface area (Å²) in [6, 6.07) is 18.8. The number of nitrogens with zero attached hydrogens (tertiary/aromatic N) is 4. The largest absolute Gasteiger partial charge is 0.506 e. The van der Waals surface area contributed by atoms with Crippen LogP contribution in [-0.2, 0) is 0 Å². The van der Waals surface area contributed by atoms with E-state index < -0.39 is 0 Å². The van der Waals surface area contributed by atoms with Crippen LogP contribution in [0, 0.1) is 0 Å². The monoisotopic (exact) mass is 535 g/mol. The van der Waals surface area contributed by atoms with E-state index in [1.54, 1.807) is 6.07 Å². The number of halogens is 1. The molecule has 2 heterocycles. The first-order chi connectivity index (χ1) is 14.8. The van der Waals surface area contributed by atoms with E-state index in [-0.39, 0.29) is 24.0 Å². The third-order valence-corrected chi connectivity index (χ3v) is 6.23. The van der Waals surface area contributed by atoms with Crippen LogP contribution in [0.1, 0.15) is 24.4 Å². The van der Waals surface area contributed by atoms with Crippen molar-refractivity contribution in [2.24, 2.45) is 4.99 Å². The van der Waals surface area contributed by atoms with Gasteiger partial charge in [0.15, 0.2) is 5.96 Å². The molecule has 2 N–H and O–H groups in total. The van der Waals surface area contributed by atoms with Crippen molar-refractivity contribution in [3.8, 4) is 5.75 Å². The number of piperazine rings is 1. The van der Waals surface area contributed by atoms with Gasteiger partial charge >= 0.3 is 0 Å². The zero-order valence-corrected chi connectivity index (χ0v) is 20.6. The Labute approximate surface area is 203 Å². The van der Waals surface area contributed by atoms with E-state index in [0.29, 0.717) is 11.8 Å². The number of guanidine groups is 1. The molecular weight excluding hydrogens is 501 g/mol. The lowest BCUT2D eigenvalue weighted by molar-refractivity contribution is 0.243. The molecule has 2 aliphatic rings. The summed E-state index contributed by atoms with van der Waals surface area (Å²) in [6.45, 7) is 6.69. The predicted molar refractivity (Wildman–Crippen MR) is 139 cm³/mol. The summed E-state index contributed by atoms with van der Waals surface area (Å²) in [5.74, 6) is 1.32. The number of hydrogen-bond acceptors (Lipinski definition) is 4. The Kier molecular flexibility index (Phi) is 8.83. The molecule has 31 heavy (non-hydrogen) atoms. The number of phenolic OH excluding ortho intramolecular Hbond substituents is 1. The van der Waals surface area contributed by atoms with E-state index in [1.165, 1.54) is 31.5 Å². The van der Waals surface area contributed by atoms with Crippen LogP contribution >= 0.6 is 24.0 Å².